The van der Waals surface area contributed by atoms with Crippen molar-refractivity contribution in [1.29, 1.82) is 0 Å². The Morgan fingerprint density at radius 3 is 2.38 bits per heavy atom. The zero-order chi connectivity index (χ0) is 25.7. The summed E-state index contributed by atoms with van der Waals surface area (Å²) >= 11 is 1.45. The van der Waals surface area contributed by atoms with E-state index in [1.54, 1.807) is 31.2 Å². The number of carbonyl (C=O) groups excluding carboxylic acids is 2. The highest BCUT2D eigenvalue weighted by atomic mass is 79.9. The quantitative estimate of drug-likeness (QED) is 0.227. The van der Waals surface area contributed by atoms with Gasteiger partial charge in [0.05, 0.1) is 28.5 Å². The van der Waals surface area contributed by atoms with Gasteiger partial charge in [0.25, 0.3) is 11.6 Å². The van der Waals surface area contributed by atoms with Crippen LogP contribution in [0.2, 0.25) is 0 Å². The largest absolute Gasteiger partial charge is 0.497 e. The number of thioether (sulfide) groups is 1. The molecule has 3 aromatic carbocycles. The van der Waals surface area contributed by atoms with Crippen molar-refractivity contribution in [2.45, 2.75) is 16.2 Å². The van der Waals surface area contributed by atoms with E-state index in [9.17, 15) is 19.7 Å². The molecule has 2 unspecified atom stereocenters. The molecule has 11 heteroatoms. The van der Waals surface area contributed by atoms with Crippen molar-refractivity contribution in [2.24, 2.45) is 0 Å². The highest BCUT2D eigenvalue weighted by Crippen LogP contribution is 2.47. The fourth-order valence-corrected chi connectivity index (χ4v) is 5.20. The molecule has 0 aliphatic carbocycles. The fourth-order valence-electron chi connectivity index (χ4n) is 3.89. The van der Waals surface area contributed by atoms with Gasteiger partial charge in [0, 0.05) is 30.1 Å². The summed E-state index contributed by atoms with van der Waals surface area (Å²) in [7, 11) is 3.37. The van der Waals surface area contributed by atoms with Crippen LogP contribution in [0.5, 0.6) is 5.75 Å². The Hall–Kier alpha value is -3.41. The molecule has 37 heavy (non-hydrogen) atoms. The van der Waals surface area contributed by atoms with Gasteiger partial charge in [-0.25, -0.2) is 4.79 Å². The predicted molar refractivity (Wildman–Crippen MR) is 147 cm³/mol. The summed E-state index contributed by atoms with van der Waals surface area (Å²) in [6, 6.07) is 20.0. The lowest BCUT2D eigenvalue weighted by molar-refractivity contribution is -0.384. The molecule has 0 radical (unpaired) electrons. The number of nitrogens with one attached hydrogen (secondary N) is 1. The molecule has 0 saturated heterocycles. The number of carbonyl (C=O) groups is 2. The van der Waals surface area contributed by atoms with Crippen molar-refractivity contribution in [3.63, 3.8) is 0 Å². The molecular weight excluding hydrogens is 562 g/mol. The van der Waals surface area contributed by atoms with Crippen LogP contribution in [0, 0.1) is 10.1 Å². The third-order valence-electron chi connectivity index (χ3n) is 5.77. The molecule has 0 saturated carbocycles. The monoisotopic (exact) mass is 587 g/mol. The summed E-state index contributed by atoms with van der Waals surface area (Å²) in [6.07, 6.45) is -1.14. The highest BCUT2D eigenvalue weighted by molar-refractivity contribution is 8.93. The molecule has 1 heterocycles. The molecule has 4 rings (SSSR count). The first-order valence-electron chi connectivity index (χ1n) is 11.2. The Morgan fingerprint density at radius 2 is 1.76 bits per heavy atom. The number of anilines is 1. The number of esters is 1. The first-order chi connectivity index (χ1) is 17.4. The number of nitro groups is 1. The number of nitro benzene ring substituents is 1. The summed E-state index contributed by atoms with van der Waals surface area (Å²) < 4.78 is 11.1. The van der Waals surface area contributed by atoms with Crippen molar-refractivity contribution >= 4 is 52.0 Å². The molecule has 1 amide bonds. The van der Waals surface area contributed by atoms with Crippen LogP contribution in [0.1, 0.15) is 21.2 Å². The molecule has 0 bridgehead atoms. The average molecular weight is 588 g/mol. The molecule has 9 nitrogen and oxygen atoms in total. The van der Waals surface area contributed by atoms with E-state index in [1.807, 2.05) is 36.4 Å². The van der Waals surface area contributed by atoms with Gasteiger partial charge in [-0.3, -0.25) is 14.9 Å². The number of likely N-dealkylation sites (N-methyl/N-ethyl adjacent to an activating group) is 1. The topological polar surface area (TPSA) is 111 Å². The van der Waals surface area contributed by atoms with E-state index in [1.165, 1.54) is 36.0 Å². The lowest BCUT2D eigenvalue weighted by Crippen LogP contribution is -2.45. The van der Waals surface area contributed by atoms with E-state index in [2.05, 4.69) is 5.32 Å². The van der Waals surface area contributed by atoms with Crippen molar-refractivity contribution in [1.82, 2.24) is 5.32 Å². The number of benzene rings is 3. The second kappa shape index (κ2) is 12.7. The number of halogens is 1. The van der Waals surface area contributed by atoms with Crippen LogP contribution in [-0.2, 0) is 9.53 Å². The Kier molecular flexibility index (Phi) is 9.67. The van der Waals surface area contributed by atoms with E-state index >= 15 is 0 Å². The Labute approximate surface area is 229 Å². The van der Waals surface area contributed by atoms with Crippen LogP contribution < -0.4 is 15.0 Å². The van der Waals surface area contributed by atoms with Crippen molar-refractivity contribution in [3.8, 4) is 5.75 Å². The first kappa shape index (κ1) is 28.2. The summed E-state index contributed by atoms with van der Waals surface area (Å²) in [5.74, 6) is -0.417. The molecule has 1 aliphatic heterocycles. The Bertz CT molecular complexity index is 1260. The van der Waals surface area contributed by atoms with E-state index in [-0.39, 0.29) is 34.1 Å². The lowest BCUT2D eigenvalue weighted by atomic mass is 10.1. The predicted octanol–water partition coefficient (Wildman–Crippen LogP) is 4.81. The van der Waals surface area contributed by atoms with Crippen LogP contribution in [-0.4, -0.2) is 50.2 Å². The van der Waals surface area contributed by atoms with Crippen molar-refractivity contribution < 1.29 is 24.0 Å². The third kappa shape index (κ3) is 6.30. The standard InChI is InChI=1S/C26H25N3O6S.BrH/c1-27-15-16-28-21-5-3-4-6-22(21)36-24(17-9-13-20(34-2)14-10-17)23(25(28)30)35-26(31)18-7-11-19(12-8-18)29(32)33;/h3-14,23-24,27H,15-16H2,1-2H3;1H. The van der Waals surface area contributed by atoms with Gasteiger partial charge in [0.15, 0.2) is 6.10 Å². The fraction of sp³-hybridized carbons (Fsp3) is 0.231. The smallest absolute Gasteiger partial charge is 0.338 e. The molecule has 0 fully saturated rings. The number of hydrogen-bond donors (Lipinski definition) is 1. The van der Waals surface area contributed by atoms with Crippen LogP contribution >= 0.6 is 28.7 Å². The molecule has 2 atom stereocenters. The molecule has 3 aromatic rings. The number of para-hydroxylation sites is 1. The molecule has 0 spiro atoms. The minimum Gasteiger partial charge on any atom is -0.497 e. The van der Waals surface area contributed by atoms with Gasteiger partial charge in [-0.05, 0) is 49.0 Å². The van der Waals surface area contributed by atoms with Gasteiger partial charge in [-0.15, -0.1) is 28.7 Å². The normalized spacial score (nSPS) is 16.7. The van der Waals surface area contributed by atoms with Crippen LogP contribution in [0.15, 0.2) is 77.7 Å². The van der Waals surface area contributed by atoms with Crippen molar-refractivity contribution in [2.75, 3.05) is 32.1 Å². The minimum atomic E-state index is -1.14. The van der Waals surface area contributed by atoms with Crippen LogP contribution in [0.3, 0.4) is 0 Å². The summed E-state index contributed by atoms with van der Waals surface area (Å²) in [6.45, 7) is 0.925. The van der Waals surface area contributed by atoms with E-state index in [0.717, 1.165) is 16.1 Å². The molecule has 1 N–H and O–H groups in total. The first-order valence-corrected chi connectivity index (χ1v) is 12.1. The lowest BCUT2D eigenvalue weighted by Gasteiger charge is -2.28. The number of non-ortho nitro benzene ring substituents is 1. The molecule has 1 aliphatic rings. The molecular formula is C26H26BrN3O6S. The second-order valence-corrected chi connectivity index (χ2v) is 9.19. The number of methoxy groups -OCH3 is 1. The Balaban J connectivity index is 0.00000380. The summed E-state index contributed by atoms with van der Waals surface area (Å²) in [5, 5.41) is 13.5. The third-order valence-corrected chi connectivity index (χ3v) is 7.14. The van der Waals surface area contributed by atoms with Gasteiger partial charge in [0.2, 0.25) is 0 Å². The second-order valence-electron chi connectivity index (χ2n) is 8.00. The van der Waals surface area contributed by atoms with E-state index in [0.29, 0.717) is 18.8 Å². The summed E-state index contributed by atoms with van der Waals surface area (Å²) in [5.41, 5.74) is 1.52. The molecule has 0 aromatic heterocycles. The number of rotatable bonds is 8. The number of fused-ring (bicyclic) bond motifs is 1. The van der Waals surface area contributed by atoms with Gasteiger partial charge >= 0.3 is 5.97 Å². The maximum absolute atomic E-state index is 13.9. The Morgan fingerprint density at radius 1 is 1.08 bits per heavy atom. The van der Waals surface area contributed by atoms with Gasteiger partial charge in [0.1, 0.15) is 5.75 Å². The summed E-state index contributed by atoms with van der Waals surface area (Å²) in [4.78, 5) is 40.0. The number of amides is 1. The van der Waals surface area contributed by atoms with Gasteiger partial charge in [-0.2, -0.15) is 0 Å². The zero-order valence-electron chi connectivity index (χ0n) is 20.2. The maximum Gasteiger partial charge on any atom is 0.338 e. The van der Waals surface area contributed by atoms with E-state index < -0.39 is 22.2 Å². The number of nitrogens with zero attached hydrogens (tertiary/aromatic N) is 2. The van der Waals surface area contributed by atoms with E-state index in [4.69, 9.17) is 9.47 Å². The maximum atomic E-state index is 13.9. The number of hydrogen-bond acceptors (Lipinski definition) is 8. The highest BCUT2D eigenvalue weighted by Gasteiger charge is 2.41. The zero-order valence-corrected chi connectivity index (χ0v) is 22.7. The molecule has 194 valence electrons. The van der Waals surface area contributed by atoms with Crippen molar-refractivity contribution in [3.05, 3.63) is 94.0 Å². The van der Waals surface area contributed by atoms with Crippen LogP contribution in [0.25, 0.3) is 0 Å². The SMILES string of the molecule is Br.CNCCN1C(=O)C(OC(=O)c2ccc([N+](=O)[O-])cc2)C(c2ccc(OC)cc2)Sc2ccccc21. The van der Waals surface area contributed by atoms with Gasteiger partial charge in [-0.1, -0.05) is 24.3 Å². The van der Waals surface area contributed by atoms with Crippen LogP contribution in [0.4, 0.5) is 11.4 Å². The average Bonchev–Trinajstić information content (AvgIpc) is 3.02. The minimum absolute atomic E-state index is 0. The number of ether oxygens (including phenoxy) is 2. The van der Waals surface area contributed by atoms with Gasteiger partial charge < -0.3 is 19.7 Å².